The summed E-state index contributed by atoms with van der Waals surface area (Å²) in [5, 5.41) is 12.5. The number of hydrogen-bond donors (Lipinski definition) is 2. The maximum Gasteiger partial charge on any atom is 0.416 e. The molecule has 2 atom stereocenters. The van der Waals surface area contributed by atoms with Crippen molar-refractivity contribution in [3.05, 3.63) is 23.8 Å². The fraction of sp³-hybridized carbons (Fsp3) is 0.619. The van der Waals surface area contributed by atoms with Crippen molar-refractivity contribution < 1.29 is 27.5 Å². The summed E-state index contributed by atoms with van der Waals surface area (Å²) < 4.78 is 44.3. The van der Waals surface area contributed by atoms with E-state index in [1.165, 1.54) is 6.07 Å². The molecule has 1 aromatic heterocycles. The third-order valence-corrected chi connectivity index (χ3v) is 6.23. The number of aliphatic hydroxyl groups excluding tert-OH is 1. The van der Waals surface area contributed by atoms with E-state index in [0.29, 0.717) is 37.5 Å². The predicted molar refractivity (Wildman–Crippen MR) is 105 cm³/mol. The highest BCUT2D eigenvalue weighted by Crippen LogP contribution is 2.33. The Hall–Kier alpha value is -2.29. The molecule has 0 radical (unpaired) electrons. The minimum atomic E-state index is -4.42. The molecule has 2 aromatic rings. The van der Waals surface area contributed by atoms with Crippen LogP contribution in [0.1, 0.15) is 44.1 Å². The van der Waals surface area contributed by atoms with Crippen molar-refractivity contribution in [2.24, 2.45) is 11.8 Å². The summed E-state index contributed by atoms with van der Waals surface area (Å²) in [6, 6.07) is 3.69. The number of amides is 1. The van der Waals surface area contributed by atoms with Crippen LogP contribution in [0.25, 0.3) is 11.1 Å². The Bertz CT molecular complexity index is 890. The van der Waals surface area contributed by atoms with E-state index in [9.17, 15) is 23.1 Å². The highest BCUT2D eigenvalue weighted by molar-refractivity contribution is 5.79. The number of benzene rings is 1. The van der Waals surface area contributed by atoms with Crippen LogP contribution in [0.3, 0.4) is 0 Å². The third kappa shape index (κ3) is 4.55. The molecule has 9 heteroatoms. The average molecular weight is 425 g/mol. The number of fused-ring (bicyclic) bond motifs is 1. The molecule has 1 amide bonds. The van der Waals surface area contributed by atoms with Crippen LogP contribution < -0.4 is 10.2 Å². The van der Waals surface area contributed by atoms with Crippen LogP contribution in [-0.2, 0) is 11.0 Å². The fourth-order valence-corrected chi connectivity index (χ4v) is 4.47. The van der Waals surface area contributed by atoms with E-state index in [1.54, 1.807) is 0 Å². The van der Waals surface area contributed by atoms with Crippen molar-refractivity contribution in [1.82, 2.24) is 10.3 Å². The van der Waals surface area contributed by atoms with Crippen molar-refractivity contribution in [1.29, 1.82) is 0 Å². The largest absolute Gasteiger partial charge is 0.423 e. The second-order valence-corrected chi connectivity index (χ2v) is 8.36. The summed E-state index contributed by atoms with van der Waals surface area (Å²) in [7, 11) is 0. The van der Waals surface area contributed by atoms with Crippen molar-refractivity contribution in [3.8, 4) is 0 Å². The Kier molecular flexibility index (Phi) is 5.90. The van der Waals surface area contributed by atoms with Gasteiger partial charge < -0.3 is 19.7 Å². The summed E-state index contributed by atoms with van der Waals surface area (Å²) in [6.45, 7) is 1.28. The molecule has 6 nitrogen and oxygen atoms in total. The van der Waals surface area contributed by atoms with Gasteiger partial charge in [0.1, 0.15) is 5.52 Å². The van der Waals surface area contributed by atoms with Crippen LogP contribution in [0, 0.1) is 11.8 Å². The quantitative estimate of drug-likeness (QED) is 0.781. The molecule has 1 aliphatic carbocycles. The zero-order valence-electron chi connectivity index (χ0n) is 16.6. The zero-order chi connectivity index (χ0) is 21.3. The van der Waals surface area contributed by atoms with Crippen molar-refractivity contribution >= 4 is 23.0 Å². The summed E-state index contributed by atoms with van der Waals surface area (Å²) >= 11 is 0. The number of carbonyl (C=O) groups excluding carboxylic acids is 1. The smallest absolute Gasteiger partial charge is 0.416 e. The summed E-state index contributed by atoms with van der Waals surface area (Å²) in [4.78, 5) is 18.7. The lowest BCUT2D eigenvalue weighted by molar-refractivity contribution is -0.137. The molecule has 2 fully saturated rings. The first-order valence-electron chi connectivity index (χ1n) is 10.5. The molecule has 2 aliphatic rings. The molecule has 1 aromatic carbocycles. The number of nitrogens with zero attached hydrogens (tertiary/aromatic N) is 2. The highest BCUT2D eigenvalue weighted by Gasteiger charge is 2.32. The second kappa shape index (κ2) is 8.45. The molecule has 1 aliphatic heterocycles. The number of piperidine rings is 1. The van der Waals surface area contributed by atoms with Crippen LogP contribution in [0.15, 0.2) is 22.6 Å². The lowest BCUT2D eigenvalue weighted by Crippen LogP contribution is -2.45. The van der Waals surface area contributed by atoms with E-state index < -0.39 is 11.7 Å². The van der Waals surface area contributed by atoms with E-state index in [-0.39, 0.29) is 35.9 Å². The maximum absolute atomic E-state index is 12.9. The first-order chi connectivity index (χ1) is 14.3. The Balaban J connectivity index is 1.34. The number of aromatic nitrogens is 1. The lowest BCUT2D eigenvalue weighted by atomic mass is 9.85. The first kappa shape index (κ1) is 21.0. The number of alkyl halides is 3. The average Bonchev–Trinajstić information content (AvgIpc) is 3.17. The van der Waals surface area contributed by atoms with Gasteiger partial charge in [-0.05, 0) is 56.2 Å². The van der Waals surface area contributed by atoms with Crippen LogP contribution in [-0.4, -0.2) is 41.7 Å². The van der Waals surface area contributed by atoms with Gasteiger partial charge in [0.25, 0.3) is 6.01 Å². The van der Waals surface area contributed by atoms with Gasteiger partial charge in [0.2, 0.25) is 5.91 Å². The van der Waals surface area contributed by atoms with E-state index >= 15 is 0 Å². The third-order valence-electron chi connectivity index (χ3n) is 6.23. The Labute approximate surface area is 172 Å². The predicted octanol–water partition coefficient (Wildman–Crippen LogP) is 3.73. The van der Waals surface area contributed by atoms with Crippen LogP contribution in [0.5, 0.6) is 0 Å². The molecule has 1 saturated carbocycles. The molecule has 0 spiro atoms. The molecule has 0 unspecified atom stereocenters. The van der Waals surface area contributed by atoms with Gasteiger partial charge in [-0.1, -0.05) is 6.42 Å². The summed E-state index contributed by atoms with van der Waals surface area (Å²) in [5.74, 6) is 0.213. The molecule has 4 rings (SSSR count). The van der Waals surface area contributed by atoms with Crippen LogP contribution in [0.4, 0.5) is 19.2 Å². The zero-order valence-corrected chi connectivity index (χ0v) is 16.6. The van der Waals surface area contributed by atoms with Gasteiger partial charge in [0.05, 0.1) is 5.56 Å². The number of oxazole rings is 1. The van der Waals surface area contributed by atoms with Crippen molar-refractivity contribution in [2.45, 2.75) is 50.7 Å². The molecular weight excluding hydrogens is 399 g/mol. The Morgan fingerprint density at radius 2 is 2.00 bits per heavy atom. The van der Waals surface area contributed by atoms with E-state index in [1.807, 2.05) is 4.90 Å². The van der Waals surface area contributed by atoms with Crippen molar-refractivity contribution in [3.63, 3.8) is 0 Å². The van der Waals surface area contributed by atoms with Crippen LogP contribution >= 0.6 is 0 Å². The second-order valence-electron chi connectivity index (χ2n) is 8.36. The van der Waals surface area contributed by atoms with Gasteiger partial charge in [0.15, 0.2) is 5.58 Å². The normalized spacial score (nSPS) is 23.7. The minimum Gasteiger partial charge on any atom is -0.423 e. The molecular formula is C21H26F3N3O3. The van der Waals surface area contributed by atoms with Gasteiger partial charge in [-0.2, -0.15) is 18.2 Å². The monoisotopic (exact) mass is 425 g/mol. The summed E-state index contributed by atoms with van der Waals surface area (Å²) in [6.07, 6.45) is 0.643. The number of aliphatic hydroxyl groups is 1. The molecule has 1 saturated heterocycles. The number of carbonyl (C=O) groups is 1. The lowest BCUT2D eigenvalue weighted by Gasteiger charge is -2.33. The van der Waals surface area contributed by atoms with E-state index in [0.717, 1.165) is 37.8 Å². The van der Waals surface area contributed by atoms with Gasteiger partial charge in [-0.25, -0.2) is 0 Å². The fourth-order valence-electron chi connectivity index (χ4n) is 4.47. The first-order valence-corrected chi connectivity index (χ1v) is 10.5. The summed E-state index contributed by atoms with van der Waals surface area (Å²) in [5.41, 5.74) is -0.264. The Morgan fingerprint density at radius 3 is 2.70 bits per heavy atom. The van der Waals surface area contributed by atoms with Gasteiger partial charge in [-0.15, -0.1) is 0 Å². The number of rotatable bonds is 4. The van der Waals surface area contributed by atoms with E-state index in [2.05, 4.69) is 10.3 Å². The topological polar surface area (TPSA) is 78.6 Å². The van der Waals surface area contributed by atoms with E-state index in [4.69, 9.17) is 4.42 Å². The SMILES string of the molecule is O=C(N[C@H]1CCC[C@H](CO)C1)C1CCN(c2nc3cc(C(F)(F)F)ccc3o2)CC1. The maximum atomic E-state index is 12.9. The number of anilines is 1. The molecule has 2 N–H and O–H groups in total. The molecule has 2 heterocycles. The highest BCUT2D eigenvalue weighted by atomic mass is 19.4. The molecule has 164 valence electrons. The number of nitrogens with one attached hydrogen (secondary N) is 1. The standard InChI is InChI=1S/C21H26F3N3O3/c22-21(23,24)15-4-5-18-17(11-15)26-20(30-18)27-8-6-14(7-9-27)19(29)25-16-3-1-2-13(10-16)12-28/h4-5,11,13-14,16,28H,1-3,6-10,12H2,(H,25,29)/t13-,16-/m0/s1. The van der Waals surface area contributed by atoms with Gasteiger partial charge >= 0.3 is 6.18 Å². The number of halogens is 3. The van der Waals surface area contributed by atoms with Crippen molar-refractivity contribution in [2.75, 3.05) is 24.6 Å². The molecule has 30 heavy (non-hydrogen) atoms. The van der Waals surface area contributed by atoms with Gasteiger partial charge in [0, 0.05) is 31.7 Å². The number of hydrogen-bond acceptors (Lipinski definition) is 5. The van der Waals surface area contributed by atoms with Gasteiger partial charge in [-0.3, -0.25) is 4.79 Å². The van der Waals surface area contributed by atoms with Crippen LogP contribution in [0.2, 0.25) is 0 Å². The Morgan fingerprint density at radius 1 is 1.23 bits per heavy atom. The molecule has 0 bridgehead atoms. The minimum absolute atomic E-state index is 0.0469.